The van der Waals surface area contributed by atoms with Crippen molar-refractivity contribution in [3.05, 3.63) is 30.1 Å². The van der Waals surface area contributed by atoms with Gasteiger partial charge in [-0.3, -0.25) is 4.31 Å². The zero-order valence-electron chi connectivity index (χ0n) is 9.77. The summed E-state index contributed by atoms with van der Waals surface area (Å²) >= 11 is 0. The van der Waals surface area contributed by atoms with E-state index in [0.717, 1.165) is 0 Å². The molecule has 1 aromatic carbocycles. The molecule has 0 spiro atoms. The van der Waals surface area contributed by atoms with E-state index in [1.54, 1.807) is 0 Å². The van der Waals surface area contributed by atoms with Crippen molar-refractivity contribution < 1.29 is 12.8 Å². The summed E-state index contributed by atoms with van der Waals surface area (Å²) in [6.45, 7) is 0.482. The Kier molecular flexibility index (Phi) is 4.89. The highest BCUT2D eigenvalue weighted by molar-refractivity contribution is 7.92. The first-order valence-corrected chi connectivity index (χ1v) is 7.00. The number of nitrogens with two attached hydrogens (primary N) is 1. The van der Waals surface area contributed by atoms with E-state index in [4.69, 9.17) is 5.73 Å². The highest BCUT2D eigenvalue weighted by Gasteiger charge is 2.17. The van der Waals surface area contributed by atoms with Crippen molar-refractivity contribution in [3.8, 4) is 0 Å². The Morgan fingerprint density at radius 3 is 2.35 bits per heavy atom. The van der Waals surface area contributed by atoms with E-state index < -0.39 is 10.0 Å². The number of rotatable bonds is 6. The molecule has 4 nitrogen and oxygen atoms in total. The molecule has 0 aliphatic carbocycles. The lowest BCUT2D eigenvalue weighted by Crippen LogP contribution is -2.29. The third-order valence-corrected chi connectivity index (χ3v) is 4.31. The van der Waals surface area contributed by atoms with E-state index in [1.165, 1.54) is 35.6 Å². The van der Waals surface area contributed by atoms with Crippen molar-refractivity contribution in [1.29, 1.82) is 0 Å². The molecule has 0 unspecified atom stereocenters. The summed E-state index contributed by atoms with van der Waals surface area (Å²) < 4.78 is 37.6. The molecule has 0 atom stereocenters. The smallest absolute Gasteiger partial charge is 0.234 e. The van der Waals surface area contributed by atoms with Crippen molar-refractivity contribution in [2.75, 3.05) is 23.7 Å². The molecule has 0 aliphatic rings. The van der Waals surface area contributed by atoms with Gasteiger partial charge in [0.2, 0.25) is 10.0 Å². The highest BCUT2D eigenvalue weighted by atomic mass is 32.2. The quantitative estimate of drug-likeness (QED) is 0.785. The second-order valence-corrected chi connectivity index (χ2v) is 5.88. The minimum atomic E-state index is -3.34. The zero-order valence-corrected chi connectivity index (χ0v) is 10.6. The minimum absolute atomic E-state index is 0.0536. The van der Waals surface area contributed by atoms with Gasteiger partial charge in [0, 0.05) is 7.05 Å². The van der Waals surface area contributed by atoms with Crippen LogP contribution in [-0.4, -0.2) is 27.8 Å². The summed E-state index contributed by atoms with van der Waals surface area (Å²) in [5.74, 6) is -0.333. The lowest BCUT2D eigenvalue weighted by atomic mass is 10.3. The standard InChI is InChI=1S/C11H17FN2O2S/c1-14(11-6-4-10(12)5-7-11)17(15,16)9-3-2-8-13/h4-7H,2-3,8-9,13H2,1H3. The number of unbranched alkanes of at least 4 members (excludes halogenated alkanes) is 1. The number of halogens is 1. The van der Waals surface area contributed by atoms with E-state index in [1.807, 2.05) is 0 Å². The maximum absolute atomic E-state index is 12.7. The molecule has 0 aliphatic heterocycles. The normalized spacial score (nSPS) is 11.5. The molecule has 0 radical (unpaired) electrons. The number of anilines is 1. The molecular formula is C11H17FN2O2S. The molecule has 0 fully saturated rings. The molecule has 0 saturated carbocycles. The van der Waals surface area contributed by atoms with Gasteiger partial charge < -0.3 is 5.73 Å². The van der Waals surface area contributed by atoms with Crippen LogP contribution >= 0.6 is 0 Å². The lowest BCUT2D eigenvalue weighted by molar-refractivity contribution is 0.590. The first kappa shape index (κ1) is 13.9. The maximum Gasteiger partial charge on any atom is 0.234 e. The van der Waals surface area contributed by atoms with Crippen molar-refractivity contribution in [3.63, 3.8) is 0 Å². The Morgan fingerprint density at radius 1 is 1.24 bits per heavy atom. The predicted octanol–water partition coefficient (Wildman–Crippen LogP) is 1.33. The van der Waals surface area contributed by atoms with E-state index in [0.29, 0.717) is 25.1 Å². The van der Waals surface area contributed by atoms with E-state index in [2.05, 4.69) is 0 Å². The van der Waals surface area contributed by atoms with Gasteiger partial charge in [-0.15, -0.1) is 0 Å². The second-order valence-electron chi connectivity index (χ2n) is 3.76. The van der Waals surface area contributed by atoms with Gasteiger partial charge >= 0.3 is 0 Å². The predicted molar refractivity (Wildman–Crippen MR) is 66.9 cm³/mol. The number of sulfonamides is 1. The molecule has 1 aromatic rings. The van der Waals surface area contributed by atoms with Gasteiger partial charge in [0.05, 0.1) is 11.4 Å². The SMILES string of the molecule is CN(c1ccc(F)cc1)S(=O)(=O)CCCCN. The van der Waals surface area contributed by atoms with E-state index in [9.17, 15) is 12.8 Å². The van der Waals surface area contributed by atoms with Crippen LogP contribution in [0.4, 0.5) is 10.1 Å². The number of hydrogen-bond donors (Lipinski definition) is 1. The fourth-order valence-corrected chi connectivity index (χ4v) is 2.66. The van der Waals surface area contributed by atoms with Crippen molar-refractivity contribution >= 4 is 15.7 Å². The van der Waals surface area contributed by atoms with Gasteiger partial charge in [-0.2, -0.15) is 0 Å². The molecule has 6 heteroatoms. The van der Waals surface area contributed by atoms with Crippen LogP contribution in [0.5, 0.6) is 0 Å². The summed E-state index contributed by atoms with van der Waals surface area (Å²) in [5.41, 5.74) is 5.77. The molecule has 17 heavy (non-hydrogen) atoms. The minimum Gasteiger partial charge on any atom is -0.330 e. The second kappa shape index (κ2) is 5.97. The molecule has 2 N–H and O–H groups in total. The summed E-state index contributed by atoms with van der Waals surface area (Å²) in [7, 11) is -1.88. The first-order valence-electron chi connectivity index (χ1n) is 5.39. The number of nitrogens with zero attached hydrogens (tertiary/aromatic N) is 1. The average Bonchev–Trinajstić information content (AvgIpc) is 2.29. The third kappa shape index (κ3) is 3.98. The molecule has 0 bridgehead atoms. The number of hydrogen-bond acceptors (Lipinski definition) is 3. The van der Waals surface area contributed by atoms with E-state index in [-0.39, 0.29) is 11.6 Å². The van der Waals surface area contributed by atoms with Gasteiger partial charge in [0.1, 0.15) is 5.82 Å². The van der Waals surface area contributed by atoms with Crippen LogP contribution in [0.25, 0.3) is 0 Å². The van der Waals surface area contributed by atoms with Gasteiger partial charge in [-0.1, -0.05) is 0 Å². The molecule has 0 heterocycles. The van der Waals surface area contributed by atoms with Crippen molar-refractivity contribution in [1.82, 2.24) is 0 Å². The van der Waals surface area contributed by atoms with Crippen molar-refractivity contribution in [2.45, 2.75) is 12.8 Å². The molecular weight excluding hydrogens is 243 g/mol. The topological polar surface area (TPSA) is 63.4 Å². The molecule has 1 rings (SSSR count). The van der Waals surface area contributed by atoms with Crippen molar-refractivity contribution in [2.24, 2.45) is 5.73 Å². The molecule has 0 aromatic heterocycles. The molecule has 0 saturated heterocycles. The monoisotopic (exact) mass is 260 g/mol. The average molecular weight is 260 g/mol. The largest absolute Gasteiger partial charge is 0.330 e. The summed E-state index contributed by atoms with van der Waals surface area (Å²) in [4.78, 5) is 0. The van der Waals surface area contributed by atoms with Gasteiger partial charge in [-0.05, 0) is 43.7 Å². The molecule has 96 valence electrons. The Balaban J connectivity index is 2.74. The Hall–Kier alpha value is -1.14. The van der Waals surface area contributed by atoms with Crippen LogP contribution in [-0.2, 0) is 10.0 Å². The summed E-state index contributed by atoms with van der Waals surface area (Å²) in [6, 6.07) is 5.36. The van der Waals surface area contributed by atoms with Crippen LogP contribution in [0, 0.1) is 5.82 Å². The lowest BCUT2D eigenvalue weighted by Gasteiger charge is -2.19. The highest BCUT2D eigenvalue weighted by Crippen LogP contribution is 2.17. The first-order chi connectivity index (χ1) is 7.97. The Bertz CT molecular complexity index is 445. The maximum atomic E-state index is 12.7. The van der Waals surface area contributed by atoms with Crippen LogP contribution in [0.15, 0.2) is 24.3 Å². The number of benzene rings is 1. The zero-order chi connectivity index (χ0) is 12.9. The fourth-order valence-electron chi connectivity index (χ4n) is 1.38. The van der Waals surface area contributed by atoms with Gasteiger partial charge in [0.15, 0.2) is 0 Å². The Morgan fingerprint density at radius 2 is 1.82 bits per heavy atom. The van der Waals surface area contributed by atoms with Crippen LogP contribution in [0.1, 0.15) is 12.8 Å². The van der Waals surface area contributed by atoms with Gasteiger partial charge in [-0.25, -0.2) is 12.8 Å². The van der Waals surface area contributed by atoms with E-state index >= 15 is 0 Å². The summed E-state index contributed by atoms with van der Waals surface area (Å²) in [6.07, 6.45) is 1.21. The third-order valence-electron chi connectivity index (χ3n) is 2.46. The van der Waals surface area contributed by atoms with Crippen LogP contribution in [0.3, 0.4) is 0 Å². The summed E-state index contributed by atoms with van der Waals surface area (Å²) in [5, 5.41) is 0. The Labute approximate surface area is 101 Å². The van der Waals surface area contributed by atoms with Gasteiger partial charge in [0.25, 0.3) is 0 Å². The van der Waals surface area contributed by atoms with Crippen LogP contribution < -0.4 is 10.0 Å². The fraction of sp³-hybridized carbons (Fsp3) is 0.455. The molecule has 0 amide bonds. The van der Waals surface area contributed by atoms with Crippen LogP contribution in [0.2, 0.25) is 0 Å².